The van der Waals surface area contributed by atoms with Gasteiger partial charge in [0, 0.05) is 12.1 Å². The van der Waals surface area contributed by atoms with E-state index >= 15 is 0 Å². The molecule has 0 amide bonds. The first-order valence-electron chi connectivity index (χ1n) is 5.79. The number of carbonyl (C=O) groups excluding carboxylic acids is 1. The van der Waals surface area contributed by atoms with Gasteiger partial charge in [0.25, 0.3) is 0 Å². The van der Waals surface area contributed by atoms with Gasteiger partial charge in [0.05, 0.1) is 19.1 Å². The molecule has 0 aromatic heterocycles. The Hall–Kier alpha value is -1.10. The highest BCUT2D eigenvalue weighted by Gasteiger charge is 2.24. The maximum Gasteiger partial charge on any atom is 0.317 e. The Balaban J connectivity index is 4.27. The number of carboxylic acids is 1. The molecule has 0 heterocycles. The van der Waals surface area contributed by atoms with E-state index in [2.05, 4.69) is 0 Å². The second kappa shape index (κ2) is 6.59. The number of nitrogens with zero attached hydrogens (tertiary/aromatic N) is 1. The molecule has 0 fully saturated rings. The number of hydrogen-bond acceptors (Lipinski definition) is 4. The molecule has 5 heteroatoms. The molecule has 0 rings (SSSR count). The lowest BCUT2D eigenvalue weighted by Gasteiger charge is -2.34. The Kier molecular flexibility index (Phi) is 6.16. The van der Waals surface area contributed by atoms with Crippen LogP contribution in [0.3, 0.4) is 0 Å². The number of carbonyl (C=O) groups is 2. The van der Waals surface area contributed by atoms with Crippen LogP contribution in [0.1, 0.15) is 41.0 Å². The summed E-state index contributed by atoms with van der Waals surface area (Å²) in [5, 5.41) is 8.80. The summed E-state index contributed by atoms with van der Waals surface area (Å²) < 4.78 is 5.01. The van der Waals surface area contributed by atoms with Gasteiger partial charge in [-0.15, -0.1) is 0 Å². The summed E-state index contributed by atoms with van der Waals surface area (Å²) in [5.74, 6) is -1.18. The van der Waals surface area contributed by atoms with Crippen molar-refractivity contribution in [2.75, 3.05) is 13.1 Å². The number of rotatable bonds is 6. The first-order valence-corrected chi connectivity index (χ1v) is 5.79. The van der Waals surface area contributed by atoms with E-state index in [4.69, 9.17) is 9.84 Å². The molecule has 0 spiro atoms. The van der Waals surface area contributed by atoms with E-state index in [1.54, 1.807) is 18.7 Å². The molecule has 17 heavy (non-hydrogen) atoms. The summed E-state index contributed by atoms with van der Waals surface area (Å²) in [6.07, 6.45) is 0.0768. The van der Waals surface area contributed by atoms with E-state index < -0.39 is 5.97 Å². The van der Waals surface area contributed by atoms with Crippen molar-refractivity contribution in [3.8, 4) is 0 Å². The highest BCUT2D eigenvalue weighted by Crippen LogP contribution is 2.13. The minimum absolute atomic E-state index is 0.0710. The molecule has 1 N–H and O–H groups in total. The molecule has 0 aromatic rings. The Morgan fingerprint density at radius 2 is 1.82 bits per heavy atom. The number of aliphatic carboxylic acids is 1. The zero-order chi connectivity index (χ0) is 13.6. The fraction of sp³-hybridized carbons (Fsp3) is 0.833. The van der Waals surface area contributed by atoms with Crippen LogP contribution in [-0.2, 0) is 14.3 Å². The van der Waals surface area contributed by atoms with Crippen molar-refractivity contribution in [1.29, 1.82) is 0 Å². The standard InChI is InChI=1S/C12H23NO4/c1-9(2)17-11(16)6-7-13(8-10(14)15)12(3,4)5/h9H,6-8H2,1-5H3,(H,14,15). The SMILES string of the molecule is CC(C)OC(=O)CCN(CC(=O)O)C(C)(C)C. The van der Waals surface area contributed by atoms with Crippen molar-refractivity contribution in [1.82, 2.24) is 4.90 Å². The van der Waals surface area contributed by atoms with Crippen LogP contribution < -0.4 is 0 Å². The van der Waals surface area contributed by atoms with Crippen molar-refractivity contribution < 1.29 is 19.4 Å². The van der Waals surface area contributed by atoms with Crippen LogP contribution in [0, 0.1) is 0 Å². The quantitative estimate of drug-likeness (QED) is 0.718. The molecule has 0 saturated heterocycles. The lowest BCUT2D eigenvalue weighted by Crippen LogP contribution is -2.45. The Morgan fingerprint density at radius 1 is 1.29 bits per heavy atom. The summed E-state index contributed by atoms with van der Waals surface area (Å²) in [6, 6.07) is 0. The molecular formula is C12H23NO4. The number of carboxylic acid groups (broad SMARTS) is 1. The Bertz CT molecular complexity index is 268. The average molecular weight is 245 g/mol. The minimum Gasteiger partial charge on any atom is -0.480 e. The van der Waals surface area contributed by atoms with Gasteiger partial charge in [0.15, 0.2) is 0 Å². The third kappa shape index (κ3) is 7.74. The van der Waals surface area contributed by atoms with Crippen LogP contribution in [0.25, 0.3) is 0 Å². The molecule has 0 aliphatic carbocycles. The highest BCUT2D eigenvalue weighted by molar-refractivity contribution is 5.71. The lowest BCUT2D eigenvalue weighted by molar-refractivity contribution is -0.149. The van der Waals surface area contributed by atoms with E-state index in [1.165, 1.54) is 0 Å². The first-order chi connectivity index (χ1) is 7.62. The smallest absolute Gasteiger partial charge is 0.317 e. The number of hydrogen-bond donors (Lipinski definition) is 1. The molecule has 0 saturated carbocycles. The molecule has 100 valence electrons. The molecule has 0 unspecified atom stereocenters. The van der Waals surface area contributed by atoms with Gasteiger partial charge in [0.2, 0.25) is 0 Å². The largest absolute Gasteiger partial charge is 0.480 e. The van der Waals surface area contributed by atoms with E-state index in [9.17, 15) is 9.59 Å². The van der Waals surface area contributed by atoms with Crippen LogP contribution in [-0.4, -0.2) is 46.7 Å². The van der Waals surface area contributed by atoms with E-state index in [0.717, 1.165) is 0 Å². The minimum atomic E-state index is -0.892. The van der Waals surface area contributed by atoms with Crippen molar-refractivity contribution in [3.05, 3.63) is 0 Å². The van der Waals surface area contributed by atoms with Gasteiger partial charge in [-0.05, 0) is 34.6 Å². The van der Waals surface area contributed by atoms with Gasteiger partial charge < -0.3 is 9.84 Å². The lowest BCUT2D eigenvalue weighted by atomic mass is 10.1. The molecule has 5 nitrogen and oxygen atoms in total. The highest BCUT2D eigenvalue weighted by atomic mass is 16.5. The fourth-order valence-corrected chi connectivity index (χ4v) is 1.36. The molecule has 0 bridgehead atoms. The molecule has 0 aliphatic heterocycles. The van der Waals surface area contributed by atoms with Crippen molar-refractivity contribution in [2.24, 2.45) is 0 Å². The fourth-order valence-electron chi connectivity index (χ4n) is 1.36. The van der Waals surface area contributed by atoms with Gasteiger partial charge in [-0.2, -0.15) is 0 Å². The van der Waals surface area contributed by atoms with Gasteiger partial charge in [-0.1, -0.05) is 0 Å². The van der Waals surface area contributed by atoms with Crippen LogP contribution in [0.15, 0.2) is 0 Å². The van der Waals surface area contributed by atoms with Crippen LogP contribution >= 0.6 is 0 Å². The van der Waals surface area contributed by atoms with Crippen LogP contribution in [0.4, 0.5) is 0 Å². The topological polar surface area (TPSA) is 66.8 Å². The molecular weight excluding hydrogens is 222 g/mol. The maximum atomic E-state index is 11.4. The van der Waals surface area contributed by atoms with Crippen molar-refractivity contribution in [2.45, 2.75) is 52.7 Å². The predicted molar refractivity (Wildman–Crippen MR) is 64.8 cm³/mol. The normalized spacial score (nSPS) is 11.9. The zero-order valence-electron chi connectivity index (χ0n) is 11.3. The molecule has 0 aromatic carbocycles. The first kappa shape index (κ1) is 15.9. The van der Waals surface area contributed by atoms with E-state index in [0.29, 0.717) is 6.54 Å². The summed E-state index contributed by atoms with van der Waals surface area (Å²) in [4.78, 5) is 23.8. The Labute approximate surface area is 103 Å². The molecule has 0 aliphatic rings. The van der Waals surface area contributed by atoms with Gasteiger partial charge >= 0.3 is 11.9 Å². The predicted octanol–water partition coefficient (Wildman–Crippen LogP) is 1.51. The second-order valence-corrected chi connectivity index (χ2v) is 5.27. The number of esters is 1. The summed E-state index contributed by atoms with van der Waals surface area (Å²) in [5.41, 5.74) is -0.281. The summed E-state index contributed by atoms with van der Waals surface area (Å²) in [6.45, 7) is 9.66. The van der Waals surface area contributed by atoms with Crippen LogP contribution in [0.5, 0.6) is 0 Å². The Morgan fingerprint density at radius 3 is 2.18 bits per heavy atom. The third-order valence-electron chi connectivity index (χ3n) is 2.23. The van der Waals surface area contributed by atoms with Gasteiger partial charge in [0.1, 0.15) is 0 Å². The number of ether oxygens (including phenoxy) is 1. The molecule has 0 atom stereocenters. The maximum absolute atomic E-state index is 11.4. The third-order valence-corrected chi connectivity index (χ3v) is 2.23. The van der Waals surface area contributed by atoms with E-state index in [1.807, 2.05) is 20.8 Å². The van der Waals surface area contributed by atoms with E-state index in [-0.39, 0.29) is 30.6 Å². The summed E-state index contributed by atoms with van der Waals surface area (Å²) in [7, 11) is 0. The zero-order valence-corrected chi connectivity index (χ0v) is 11.3. The average Bonchev–Trinajstić information content (AvgIpc) is 2.08. The summed E-state index contributed by atoms with van der Waals surface area (Å²) >= 11 is 0. The second-order valence-electron chi connectivity index (χ2n) is 5.27. The monoisotopic (exact) mass is 245 g/mol. The van der Waals surface area contributed by atoms with Gasteiger partial charge in [-0.3, -0.25) is 14.5 Å². The van der Waals surface area contributed by atoms with Crippen LogP contribution in [0.2, 0.25) is 0 Å². The van der Waals surface area contributed by atoms with Crippen molar-refractivity contribution >= 4 is 11.9 Å². The van der Waals surface area contributed by atoms with Gasteiger partial charge in [-0.25, -0.2) is 0 Å². The van der Waals surface area contributed by atoms with Crippen molar-refractivity contribution in [3.63, 3.8) is 0 Å². The molecule has 0 radical (unpaired) electrons.